The van der Waals surface area contributed by atoms with Gasteiger partial charge in [0.1, 0.15) is 0 Å². The Bertz CT molecular complexity index is 311. The van der Waals surface area contributed by atoms with E-state index in [1.165, 1.54) is 4.72 Å². The van der Waals surface area contributed by atoms with Gasteiger partial charge >= 0.3 is 16.3 Å². The second-order valence-electron chi connectivity index (χ2n) is 3.29. The summed E-state index contributed by atoms with van der Waals surface area (Å²) >= 11 is 0. The third-order valence-corrected chi connectivity index (χ3v) is 3.37. The standard InChI is InChI=1S/C6H12N2O4S/c1-4(2)5-3-8(5)13(11,12)7-6(9)10/h4-5,7H,3H2,1-2H3,(H,9,10)/t5?,8-/m1/s1. The zero-order chi connectivity index (χ0) is 10.2. The SMILES string of the molecule is CC(C)C1C[N@@]1S(=O)(=O)NC(=O)O. The molecule has 1 unspecified atom stereocenters. The lowest BCUT2D eigenvalue weighted by Gasteiger charge is -2.06. The van der Waals surface area contributed by atoms with Crippen molar-refractivity contribution in [3.8, 4) is 0 Å². The molecule has 0 bridgehead atoms. The molecule has 7 heteroatoms. The predicted molar refractivity (Wildman–Crippen MR) is 45.4 cm³/mol. The highest BCUT2D eigenvalue weighted by atomic mass is 32.2. The van der Waals surface area contributed by atoms with Crippen LogP contribution in [0.2, 0.25) is 0 Å². The van der Waals surface area contributed by atoms with Crippen LogP contribution in [0, 0.1) is 5.92 Å². The molecule has 76 valence electrons. The van der Waals surface area contributed by atoms with Gasteiger partial charge in [-0.3, -0.25) is 0 Å². The molecule has 1 aliphatic rings. The highest BCUT2D eigenvalue weighted by Gasteiger charge is 2.46. The molecule has 2 N–H and O–H groups in total. The molecule has 0 radical (unpaired) electrons. The van der Waals surface area contributed by atoms with Crippen LogP contribution in [0.5, 0.6) is 0 Å². The normalized spacial score (nSPS) is 27.3. The molecule has 0 aromatic rings. The quantitative estimate of drug-likeness (QED) is 0.631. The number of rotatable bonds is 3. The number of carboxylic acid groups (broad SMARTS) is 1. The van der Waals surface area contributed by atoms with E-state index in [0.29, 0.717) is 6.54 Å². The topological polar surface area (TPSA) is 86.5 Å². The molecule has 1 aliphatic heterocycles. The minimum Gasteiger partial charge on any atom is -0.464 e. The van der Waals surface area contributed by atoms with Gasteiger partial charge in [-0.25, -0.2) is 9.52 Å². The third-order valence-electron chi connectivity index (χ3n) is 1.90. The van der Waals surface area contributed by atoms with E-state index in [4.69, 9.17) is 5.11 Å². The molecule has 1 saturated heterocycles. The summed E-state index contributed by atoms with van der Waals surface area (Å²) in [5, 5.41) is 8.23. The number of nitrogens with one attached hydrogen (secondary N) is 1. The fourth-order valence-corrected chi connectivity index (χ4v) is 2.41. The number of nitrogens with zero attached hydrogens (tertiary/aromatic N) is 1. The Morgan fingerprint density at radius 3 is 2.46 bits per heavy atom. The van der Waals surface area contributed by atoms with Crippen molar-refractivity contribution in [2.24, 2.45) is 5.92 Å². The number of hydrogen-bond acceptors (Lipinski definition) is 3. The van der Waals surface area contributed by atoms with Crippen molar-refractivity contribution in [1.82, 2.24) is 9.03 Å². The predicted octanol–water partition coefficient (Wildman–Crippen LogP) is -0.161. The van der Waals surface area contributed by atoms with E-state index < -0.39 is 16.3 Å². The van der Waals surface area contributed by atoms with Crippen LogP contribution in [0.1, 0.15) is 13.8 Å². The average Bonchev–Trinajstić information content (AvgIpc) is 2.59. The van der Waals surface area contributed by atoms with Crippen LogP contribution in [-0.4, -0.2) is 36.5 Å². The third kappa shape index (κ3) is 2.31. The monoisotopic (exact) mass is 208 g/mol. The van der Waals surface area contributed by atoms with Gasteiger partial charge in [-0.05, 0) is 5.92 Å². The summed E-state index contributed by atoms with van der Waals surface area (Å²) in [5.74, 6) is 0.213. The van der Waals surface area contributed by atoms with Gasteiger partial charge in [-0.2, -0.15) is 12.7 Å². The van der Waals surface area contributed by atoms with Crippen molar-refractivity contribution in [3.05, 3.63) is 0 Å². The smallest absolute Gasteiger partial charge is 0.419 e. The van der Waals surface area contributed by atoms with Gasteiger partial charge in [0.2, 0.25) is 0 Å². The van der Waals surface area contributed by atoms with Crippen LogP contribution >= 0.6 is 0 Å². The van der Waals surface area contributed by atoms with Crippen LogP contribution in [0.4, 0.5) is 4.79 Å². The van der Waals surface area contributed by atoms with Gasteiger partial charge in [0.25, 0.3) is 0 Å². The van der Waals surface area contributed by atoms with Crippen molar-refractivity contribution >= 4 is 16.3 Å². The molecule has 2 atom stereocenters. The Hall–Kier alpha value is -0.820. The van der Waals surface area contributed by atoms with E-state index in [-0.39, 0.29) is 12.0 Å². The van der Waals surface area contributed by atoms with Crippen molar-refractivity contribution in [3.63, 3.8) is 0 Å². The Labute approximate surface area is 76.7 Å². The Balaban J connectivity index is 2.60. The van der Waals surface area contributed by atoms with Crippen LogP contribution in [0.25, 0.3) is 0 Å². The maximum Gasteiger partial charge on any atom is 0.419 e. The first-order valence-corrected chi connectivity index (χ1v) is 5.31. The van der Waals surface area contributed by atoms with Crippen molar-refractivity contribution in [1.29, 1.82) is 0 Å². The molecule has 0 saturated carbocycles. The molecule has 0 aromatic heterocycles. The van der Waals surface area contributed by atoms with Crippen LogP contribution in [0.3, 0.4) is 0 Å². The van der Waals surface area contributed by atoms with E-state index in [1.807, 2.05) is 13.8 Å². The lowest BCUT2D eigenvalue weighted by Crippen LogP contribution is -2.35. The first kappa shape index (κ1) is 10.3. The highest BCUT2D eigenvalue weighted by Crippen LogP contribution is 2.27. The summed E-state index contributed by atoms with van der Waals surface area (Å²) < 4.78 is 24.9. The summed E-state index contributed by atoms with van der Waals surface area (Å²) in [5.41, 5.74) is 0. The first-order valence-electron chi connectivity index (χ1n) is 3.87. The molecule has 0 aromatic carbocycles. The zero-order valence-corrected chi connectivity index (χ0v) is 8.21. The van der Waals surface area contributed by atoms with E-state index in [2.05, 4.69) is 0 Å². The fraction of sp³-hybridized carbons (Fsp3) is 0.833. The van der Waals surface area contributed by atoms with Gasteiger partial charge in [0.15, 0.2) is 0 Å². The van der Waals surface area contributed by atoms with Gasteiger partial charge < -0.3 is 5.11 Å². The van der Waals surface area contributed by atoms with E-state index in [0.717, 1.165) is 4.31 Å². The second-order valence-corrected chi connectivity index (χ2v) is 4.92. The number of amides is 1. The largest absolute Gasteiger partial charge is 0.464 e. The minimum absolute atomic E-state index is 0.0585. The number of carbonyl (C=O) groups is 1. The second kappa shape index (κ2) is 3.15. The molecule has 1 rings (SSSR count). The van der Waals surface area contributed by atoms with E-state index in [1.54, 1.807) is 0 Å². The Kier molecular flexibility index (Phi) is 2.49. The Morgan fingerprint density at radius 2 is 2.15 bits per heavy atom. The Morgan fingerprint density at radius 1 is 1.62 bits per heavy atom. The van der Waals surface area contributed by atoms with Gasteiger partial charge in [0.05, 0.1) is 0 Å². The molecule has 1 fully saturated rings. The van der Waals surface area contributed by atoms with Crippen LogP contribution in [0.15, 0.2) is 0 Å². The molecule has 6 nitrogen and oxygen atoms in total. The molecule has 13 heavy (non-hydrogen) atoms. The molecule has 0 spiro atoms. The first-order chi connectivity index (χ1) is 5.84. The molecule has 1 amide bonds. The van der Waals surface area contributed by atoms with Gasteiger partial charge in [0, 0.05) is 12.6 Å². The molecular formula is C6H12N2O4S. The van der Waals surface area contributed by atoms with E-state index in [9.17, 15) is 13.2 Å². The lowest BCUT2D eigenvalue weighted by atomic mass is 10.1. The van der Waals surface area contributed by atoms with Crippen molar-refractivity contribution < 1.29 is 18.3 Å². The summed E-state index contributed by atoms with van der Waals surface area (Å²) in [7, 11) is -3.80. The molecular weight excluding hydrogens is 196 g/mol. The number of hydrogen-bond donors (Lipinski definition) is 2. The highest BCUT2D eigenvalue weighted by molar-refractivity contribution is 7.87. The van der Waals surface area contributed by atoms with Gasteiger partial charge in [-0.1, -0.05) is 13.8 Å². The van der Waals surface area contributed by atoms with Gasteiger partial charge in [-0.15, -0.1) is 0 Å². The minimum atomic E-state index is -3.80. The van der Waals surface area contributed by atoms with Crippen LogP contribution < -0.4 is 4.72 Å². The van der Waals surface area contributed by atoms with Crippen LogP contribution in [-0.2, 0) is 10.2 Å². The van der Waals surface area contributed by atoms with Crippen molar-refractivity contribution in [2.45, 2.75) is 19.9 Å². The van der Waals surface area contributed by atoms with Crippen molar-refractivity contribution in [2.75, 3.05) is 6.54 Å². The average molecular weight is 208 g/mol. The summed E-state index contributed by atoms with van der Waals surface area (Å²) in [6.45, 7) is 4.18. The molecule has 0 aliphatic carbocycles. The summed E-state index contributed by atoms with van der Waals surface area (Å²) in [4.78, 5) is 10.1. The van der Waals surface area contributed by atoms with E-state index >= 15 is 0 Å². The molecule has 1 heterocycles. The lowest BCUT2D eigenvalue weighted by molar-refractivity contribution is 0.200. The fourth-order valence-electron chi connectivity index (χ4n) is 1.13. The summed E-state index contributed by atoms with van der Waals surface area (Å²) in [6.07, 6.45) is -1.55. The zero-order valence-electron chi connectivity index (χ0n) is 7.39. The maximum atomic E-state index is 11.2. The maximum absolute atomic E-state index is 11.2. The summed E-state index contributed by atoms with van der Waals surface area (Å²) in [6, 6.07) is -0.0585.